The number of anilines is 1. The number of hydrogen-bond donors (Lipinski definition) is 1. The van der Waals surface area contributed by atoms with Crippen molar-refractivity contribution in [2.24, 2.45) is 0 Å². The highest BCUT2D eigenvalue weighted by atomic mass is 32.2. The average Bonchev–Trinajstić information content (AvgIpc) is 3.12. The number of nitrogens with zero attached hydrogens (tertiary/aromatic N) is 5. The number of amides is 1. The van der Waals surface area contributed by atoms with Gasteiger partial charge in [0.05, 0.1) is 17.0 Å². The van der Waals surface area contributed by atoms with E-state index >= 15 is 0 Å². The summed E-state index contributed by atoms with van der Waals surface area (Å²) in [6.45, 7) is 4.53. The van der Waals surface area contributed by atoms with Crippen molar-refractivity contribution in [3.63, 3.8) is 0 Å². The van der Waals surface area contributed by atoms with Crippen molar-refractivity contribution in [2.75, 3.05) is 11.1 Å². The Morgan fingerprint density at radius 3 is 2.90 bits per heavy atom. The van der Waals surface area contributed by atoms with Crippen LogP contribution < -0.4 is 5.32 Å². The molecule has 0 aliphatic carbocycles. The quantitative estimate of drug-likeness (QED) is 0.605. The number of aryl methyl sites for hydroxylation is 1. The van der Waals surface area contributed by atoms with E-state index in [0.29, 0.717) is 17.1 Å². The number of benzene rings is 1. The number of carbonyl (C=O) groups is 1. The van der Waals surface area contributed by atoms with E-state index in [1.54, 1.807) is 16.7 Å². The number of hydrogen-bond acceptors (Lipinski definition) is 5. The van der Waals surface area contributed by atoms with Crippen LogP contribution in [0.4, 0.5) is 10.2 Å². The van der Waals surface area contributed by atoms with Crippen LogP contribution in [0.3, 0.4) is 0 Å². The molecule has 0 saturated carbocycles. The summed E-state index contributed by atoms with van der Waals surface area (Å²) in [5, 5.41) is 21.8. The number of halogens is 1. The van der Waals surface area contributed by atoms with E-state index < -0.39 is 0 Å². The summed E-state index contributed by atoms with van der Waals surface area (Å²) in [6.07, 6.45) is 4.26. The molecular weight excluding hydrogens is 415 g/mol. The van der Waals surface area contributed by atoms with E-state index in [1.807, 2.05) is 13.8 Å². The molecule has 0 saturated heterocycles. The number of nitrogens with one attached hydrogen (secondary N) is 1. The van der Waals surface area contributed by atoms with Crippen LogP contribution in [0.5, 0.6) is 0 Å². The normalized spacial score (nSPS) is 13.4. The highest BCUT2D eigenvalue weighted by Crippen LogP contribution is 2.30. The van der Waals surface area contributed by atoms with Gasteiger partial charge >= 0.3 is 0 Å². The Balaban J connectivity index is 1.57. The molecule has 0 atom stereocenters. The summed E-state index contributed by atoms with van der Waals surface area (Å²) >= 11 is 1.33. The summed E-state index contributed by atoms with van der Waals surface area (Å²) < 4.78 is 17.6. The summed E-state index contributed by atoms with van der Waals surface area (Å²) in [6, 6.07) is 8.25. The SMILES string of the molecule is Cc1c(C#N)c(NC(=O)CSc2nnc3n2CCCCC3)n(-c2cccc(F)c2)c1C. The van der Waals surface area contributed by atoms with Gasteiger partial charge in [0.2, 0.25) is 5.91 Å². The van der Waals surface area contributed by atoms with Gasteiger partial charge in [-0.3, -0.25) is 9.36 Å². The zero-order valence-corrected chi connectivity index (χ0v) is 18.3. The smallest absolute Gasteiger partial charge is 0.236 e. The van der Waals surface area contributed by atoms with E-state index in [4.69, 9.17) is 0 Å². The molecule has 1 aliphatic heterocycles. The van der Waals surface area contributed by atoms with Crippen LogP contribution in [0.15, 0.2) is 29.4 Å². The molecule has 0 unspecified atom stereocenters. The van der Waals surface area contributed by atoms with Gasteiger partial charge in [-0.05, 0) is 50.5 Å². The van der Waals surface area contributed by atoms with Gasteiger partial charge in [-0.25, -0.2) is 4.39 Å². The summed E-state index contributed by atoms with van der Waals surface area (Å²) in [4.78, 5) is 12.8. The minimum atomic E-state index is -0.387. The van der Waals surface area contributed by atoms with Gasteiger partial charge in [0.1, 0.15) is 23.5 Å². The van der Waals surface area contributed by atoms with Gasteiger partial charge in [-0.15, -0.1) is 10.2 Å². The van der Waals surface area contributed by atoms with Crippen molar-refractivity contribution in [2.45, 2.75) is 51.2 Å². The van der Waals surface area contributed by atoms with E-state index in [1.165, 1.54) is 30.3 Å². The second kappa shape index (κ2) is 8.94. The lowest BCUT2D eigenvalue weighted by molar-refractivity contribution is -0.113. The van der Waals surface area contributed by atoms with Crippen molar-refractivity contribution < 1.29 is 9.18 Å². The maximum absolute atomic E-state index is 13.8. The highest BCUT2D eigenvalue weighted by Gasteiger charge is 2.22. The lowest BCUT2D eigenvalue weighted by Gasteiger charge is -2.13. The highest BCUT2D eigenvalue weighted by molar-refractivity contribution is 7.99. The van der Waals surface area contributed by atoms with Crippen molar-refractivity contribution in [3.05, 3.63) is 52.7 Å². The van der Waals surface area contributed by atoms with Gasteiger partial charge in [0.25, 0.3) is 0 Å². The molecular formula is C22H23FN6OS. The first-order valence-corrected chi connectivity index (χ1v) is 11.2. The summed E-state index contributed by atoms with van der Waals surface area (Å²) in [5.74, 6) is 0.812. The van der Waals surface area contributed by atoms with Crippen molar-refractivity contribution in [3.8, 4) is 11.8 Å². The molecule has 160 valence electrons. The molecule has 9 heteroatoms. The van der Waals surface area contributed by atoms with E-state index in [9.17, 15) is 14.4 Å². The Morgan fingerprint density at radius 2 is 2.13 bits per heavy atom. The van der Waals surface area contributed by atoms with Gasteiger partial charge in [0, 0.05) is 18.7 Å². The van der Waals surface area contributed by atoms with Gasteiger partial charge in [0.15, 0.2) is 5.16 Å². The molecule has 0 spiro atoms. The van der Waals surface area contributed by atoms with Crippen LogP contribution >= 0.6 is 11.8 Å². The third kappa shape index (κ3) is 4.21. The number of fused-ring (bicyclic) bond motifs is 1. The van der Waals surface area contributed by atoms with Crippen molar-refractivity contribution >= 4 is 23.5 Å². The standard InChI is InChI=1S/C22H23FN6OS/c1-14-15(2)29(17-8-6-7-16(23)11-17)21(18(14)12-24)25-20(30)13-31-22-27-26-19-9-4-3-5-10-28(19)22/h6-8,11H,3-5,9-10,13H2,1-2H3,(H,25,30). The van der Waals surface area contributed by atoms with Crippen LogP contribution in [-0.2, 0) is 17.8 Å². The molecule has 1 aliphatic rings. The van der Waals surface area contributed by atoms with Crippen LogP contribution in [-0.4, -0.2) is 31.0 Å². The largest absolute Gasteiger partial charge is 0.310 e. The Morgan fingerprint density at radius 1 is 1.29 bits per heavy atom. The van der Waals surface area contributed by atoms with E-state index in [2.05, 4.69) is 26.2 Å². The molecule has 3 heterocycles. The molecule has 31 heavy (non-hydrogen) atoms. The Kier molecular flexibility index (Phi) is 6.09. The lowest BCUT2D eigenvalue weighted by Crippen LogP contribution is -2.18. The van der Waals surface area contributed by atoms with Gasteiger partial charge in [-0.2, -0.15) is 5.26 Å². The summed E-state index contributed by atoms with van der Waals surface area (Å²) in [5.41, 5.74) is 2.44. The van der Waals surface area contributed by atoms with E-state index in [-0.39, 0.29) is 17.5 Å². The summed E-state index contributed by atoms with van der Waals surface area (Å²) in [7, 11) is 0. The number of carbonyl (C=O) groups excluding carboxylic acids is 1. The Bertz CT molecular complexity index is 1180. The maximum Gasteiger partial charge on any atom is 0.236 e. The number of thioether (sulfide) groups is 1. The molecule has 4 rings (SSSR count). The van der Waals surface area contributed by atoms with Crippen LogP contribution in [0.2, 0.25) is 0 Å². The predicted molar refractivity (Wildman–Crippen MR) is 117 cm³/mol. The molecule has 0 fully saturated rings. The van der Waals surface area contributed by atoms with Gasteiger partial charge < -0.3 is 9.88 Å². The first-order chi connectivity index (χ1) is 15.0. The molecule has 3 aromatic rings. The Hall–Kier alpha value is -3.12. The fourth-order valence-corrected chi connectivity index (χ4v) is 4.65. The minimum absolute atomic E-state index is 0.134. The van der Waals surface area contributed by atoms with E-state index in [0.717, 1.165) is 48.0 Å². The third-order valence-corrected chi connectivity index (χ3v) is 6.52. The second-order valence-electron chi connectivity index (χ2n) is 7.56. The van der Waals surface area contributed by atoms with Crippen molar-refractivity contribution in [1.82, 2.24) is 19.3 Å². The topological polar surface area (TPSA) is 88.5 Å². The van der Waals surface area contributed by atoms with Crippen LogP contribution in [0.25, 0.3) is 5.69 Å². The van der Waals surface area contributed by atoms with Crippen molar-refractivity contribution in [1.29, 1.82) is 5.26 Å². The molecule has 2 aromatic heterocycles. The number of rotatable bonds is 5. The first-order valence-electron chi connectivity index (χ1n) is 10.2. The Labute approximate surface area is 184 Å². The fraction of sp³-hybridized carbons (Fsp3) is 0.364. The third-order valence-electron chi connectivity index (χ3n) is 5.56. The molecule has 1 amide bonds. The minimum Gasteiger partial charge on any atom is -0.310 e. The lowest BCUT2D eigenvalue weighted by atomic mass is 10.2. The molecule has 1 N–H and O–H groups in total. The van der Waals surface area contributed by atoms with Crippen LogP contribution in [0, 0.1) is 31.0 Å². The van der Waals surface area contributed by atoms with Gasteiger partial charge in [-0.1, -0.05) is 24.2 Å². The molecule has 7 nitrogen and oxygen atoms in total. The van der Waals surface area contributed by atoms with Crippen LogP contribution in [0.1, 0.15) is 41.9 Å². The predicted octanol–water partition coefficient (Wildman–Crippen LogP) is 4.15. The second-order valence-corrected chi connectivity index (χ2v) is 8.50. The zero-order chi connectivity index (χ0) is 22.0. The number of nitriles is 1. The number of aromatic nitrogens is 4. The first kappa shape index (κ1) is 21.1. The zero-order valence-electron chi connectivity index (χ0n) is 17.5. The molecule has 0 bridgehead atoms. The molecule has 1 aromatic carbocycles. The maximum atomic E-state index is 13.8. The average molecular weight is 439 g/mol. The fourth-order valence-electron chi connectivity index (χ4n) is 3.86. The molecule has 0 radical (unpaired) electrons. The monoisotopic (exact) mass is 438 g/mol.